The predicted octanol–water partition coefficient (Wildman–Crippen LogP) is -3.13. The number of nitrogen functional groups attached to an aromatic ring is 1. The molecule has 2 aromatic heterocycles. The number of rotatable bonds is 11. The van der Waals surface area contributed by atoms with Crippen LogP contribution in [0.25, 0.3) is 11.2 Å². The Morgan fingerprint density at radius 2 is 1.59 bits per heavy atom. The van der Waals surface area contributed by atoms with Gasteiger partial charge in [0.1, 0.15) is 0 Å². The van der Waals surface area contributed by atoms with Crippen molar-refractivity contribution in [1.29, 1.82) is 0 Å². The van der Waals surface area contributed by atoms with E-state index in [4.69, 9.17) is 15.2 Å². The van der Waals surface area contributed by atoms with E-state index in [2.05, 4.69) is 30.9 Å². The molecule has 0 fully saturated rings. The Morgan fingerprint density at radius 1 is 1.07 bits per heavy atom. The van der Waals surface area contributed by atoms with Gasteiger partial charge in [-0.15, -0.1) is 0 Å². The van der Waals surface area contributed by atoms with Gasteiger partial charge in [-0.1, -0.05) is 15.2 Å². The summed E-state index contributed by atoms with van der Waals surface area (Å²) < 4.78 is 33.4. The molecule has 0 saturated heterocycles. The lowest BCUT2D eigenvalue weighted by Crippen LogP contribution is -2.26. The van der Waals surface area contributed by atoms with Crippen molar-refractivity contribution in [2.45, 2.75) is 6.04 Å². The lowest BCUT2D eigenvalue weighted by atomic mass is 10.3. The number of aromatic nitrogens is 4. The first kappa shape index (κ1) is 24.1. The Labute approximate surface area is 171 Å². The number of imidazole rings is 1. The van der Waals surface area contributed by atoms with E-state index in [0.29, 0.717) is 0 Å². The maximum absolute atomic E-state index is 12.0. The Balaban J connectivity index is 2.23. The summed E-state index contributed by atoms with van der Waals surface area (Å²) in [5.41, 5.74) is 4.96. The number of aromatic amines is 1. The fourth-order valence-electron chi connectivity index (χ4n) is 2.29. The van der Waals surface area contributed by atoms with Gasteiger partial charge in [0, 0.05) is 0 Å². The summed E-state index contributed by atoms with van der Waals surface area (Å²) in [5.74, 6) is -0.186. The van der Waals surface area contributed by atoms with E-state index >= 15 is 0 Å². The third-order valence-corrected chi connectivity index (χ3v) is 5.55. The van der Waals surface area contributed by atoms with Gasteiger partial charge in [-0.3, -0.25) is 14.3 Å². The Kier molecular flexibility index (Phi) is 8.13. The number of nitrogens with one attached hydrogen (secondary N) is 1. The molecule has 14 nitrogen and oxygen atoms in total. The summed E-state index contributed by atoms with van der Waals surface area (Å²) in [6.45, 7) is -1.19. The number of fused-ring (bicyclic) bond motifs is 1. The SMILES string of the molecule is Nc1nc2c(nc(Br)n2C(COCCP(=O)([O-])[O-])COCCP(=O)([O-])[O-])c(=O)[nH]1. The summed E-state index contributed by atoms with van der Waals surface area (Å²) in [6, 6.07) is -0.779. The minimum atomic E-state index is -4.75. The van der Waals surface area contributed by atoms with E-state index in [9.17, 15) is 33.5 Å². The Morgan fingerprint density at radius 3 is 2.07 bits per heavy atom. The number of H-pyrrole nitrogens is 1. The average molecular weight is 516 g/mol. The second-order valence-corrected chi connectivity index (χ2v) is 9.89. The molecule has 0 saturated carbocycles. The zero-order chi connectivity index (χ0) is 21.8. The van der Waals surface area contributed by atoms with Gasteiger partial charge >= 0.3 is 0 Å². The number of anilines is 1. The molecule has 0 bridgehead atoms. The smallest absolute Gasteiger partial charge is 0.280 e. The summed E-state index contributed by atoms with van der Waals surface area (Å²) in [4.78, 5) is 65.1. The number of hydrogen-bond donors (Lipinski definition) is 2. The lowest BCUT2D eigenvalue weighted by Gasteiger charge is -2.30. The van der Waals surface area contributed by atoms with E-state index in [-0.39, 0.29) is 35.1 Å². The molecule has 29 heavy (non-hydrogen) atoms. The van der Waals surface area contributed by atoms with Crippen molar-refractivity contribution in [3.63, 3.8) is 0 Å². The monoisotopic (exact) mass is 515 g/mol. The summed E-state index contributed by atoms with van der Waals surface area (Å²) in [7, 11) is -9.50. The van der Waals surface area contributed by atoms with Gasteiger partial charge in [-0.05, 0) is 28.3 Å². The highest BCUT2D eigenvalue weighted by Crippen LogP contribution is 2.25. The van der Waals surface area contributed by atoms with Crippen LogP contribution in [0.3, 0.4) is 0 Å². The quantitative estimate of drug-likeness (QED) is 0.171. The number of nitrogens with two attached hydrogens (primary N) is 1. The summed E-state index contributed by atoms with van der Waals surface area (Å²) >= 11 is 3.17. The highest BCUT2D eigenvalue weighted by Gasteiger charge is 2.22. The largest absolute Gasteiger partial charge is 0.811 e. The van der Waals surface area contributed by atoms with E-state index < -0.39 is 52.3 Å². The number of halogens is 1. The molecular weight excluding hydrogens is 500 g/mol. The van der Waals surface area contributed by atoms with Crippen LogP contribution < -0.4 is 30.9 Å². The van der Waals surface area contributed by atoms with Gasteiger partial charge in [-0.2, -0.15) is 4.98 Å². The first-order valence-corrected chi connectivity index (χ1v) is 12.2. The molecule has 2 rings (SSSR count). The molecule has 0 atom stereocenters. The predicted molar refractivity (Wildman–Crippen MR) is 95.9 cm³/mol. The molecule has 0 aliphatic rings. The molecule has 2 heterocycles. The topological polar surface area (TPSA) is 234 Å². The molecule has 0 amide bonds. The van der Waals surface area contributed by atoms with Gasteiger partial charge in [0.05, 0.1) is 32.5 Å². The second-order valence-electron chi connectivity index (χ2n) is 5.85. The molecule has 2 aromatic rings. The van der Waals surface area contributed by atoms with Gasteiger partial charge in [0.15, 0.2) is 15.9 Å². The number of hydrogen-bond acceptors (Lipinski definition) is 12. The average Bonchev–Trinajstić information content (AvgIpc) is 2.88. The van der Waals surface area contributed by atoms with E-state index in [0.717, 1.165) is 0 Å². The zero-order valence-electron chi connectivity index (χ0n) is 14.7. The third-order valence-electron chi connectivity index (χ3n) is 3.53. The van der Waals surface area contributed by atoms with Crippen LogP contribution in [0.5, 0.6) is 0 Å². The molecule has 0 aromatic carbocycles. The van der Waals surface area contributed by atoms with Crippen LogP contribution in [0.1, 0.15) is 6.04 Å². The van der Waals surface area contributed by atoms with Crippen LogP contribution >= 0.6 is 31.1 Å². The molecule has 0 radical (unpaired) electrons. The summed E-state index contributed by atoms with van der Waals surface area (Å²) in [5, 5.41) is 0. The number of nitrogens with zero attached hydrogens (tertiary/aromatic N) is 3. The maximum atomic E-state index is 12.0. The van der Waals surface area contributed by atoms with E-state index in [1.54, 1.807) is 0 Å². The minimum Gasteiger partial charge on any atom is -0.811 e. The van der Waals surface area contributed by atoms with Crippen molar-refractivity contribution >= 4 is 48.2 Å². The van der Waals surface area contributed by atoms with Crippen LogP contribution in [0.2, 0.25) is 0 Å². The maximum Gasteiger partial charge on any atom is 0.280 e. The van der Waals surface area contributed by atoms with Crippen LogP contribution in [0.4, 0.5) is 5.95 Å². The fourth-order valence-corrected chi connectivity index (χ4v) is 3.63. The van der Waals surface area contributed by atoms with Crippen LogP contribution in [0, 0.1) is 0 Å². The van der Waals surface area contributed by atoms with Gasteiger partial charge in [0.25, 0.3) is 5.56 Å². The van der Waals surface area contributed by atoms with Crippen molar-refractivity contribution in [2.75, 3.05) is 44.5 Å². The molecule has 0 spiro atoms. The fraction of sp³-hybridized carbons (Fsp3) is 0.583. The van der Waals surface area contributed by atoms with Crippen molar-refractivity contribution in [3.05, 3.63) is 15.1 Å². The normalized spacial score (nSPS) is 12.9. The van der Waals surface area contributed by atoms with Crippen LogP contribution in [0.15, 0.2) is 9.53 Å². The first-order chi connectivity index (χ1) is 13.4. The third kappa shape index (κ3) is 7.55. The molecule has 17 heteroatoms. The van der Waals surface area contributed by atoms with Crippen molar-refractivity contribution in [2.24, 2.45) is 0 Å². The standard InChI is InChI=1S/C12H20BrN5O9P2/c13-11-15-8-9(16-12(14)17-10(8)19)18(11)7(5-26-1-3-28(20,21)22)6-27-2-4-29(23,24)25/h7H,1-6H2,(H2,20,21,22)(H2,23,24,25)(H3,14,16,17,19)/p-4. The minimum absolute atomic E-state index is 0.0525. The van der Waals surface area contributed by atoms with Crippen LogP contribution in [-0.2, 0) is 18.6 Å². The van der Waals surface area contributed by atoms with Crippen molar-refractivity contribution < 1.29 is 38.2 Å². The molecule has 164 valence electrons. The van der Waals surface area contributed by atoms with Gasteiger partial charge in [-0.25, -0.2) is 4.98 Å². The Hall–Kier alpha value is -1.15. The lowest BCUT2D eigenvalue weighted by molar-refractivity contribution is -0.315. The van der Waals surface area contributed by atoms with E-state index in [1.807, 2.05) is 0 Å². The zero-order valence-corrected chi connectivity index (χ0v) is 18.1. The Bertz CT molecular complexity index is 970. The number of ether oxygens (including phenoxy) is 2. The van der Waals surface area contributed by atoms with E-state index in [1.165, 1.54) is 4.57 Å². The molecule has 0 aliphatic carbocycles. The van der Waals surface area contributed by atoms with Crippen molar-refractivity contribution in [3.8, 4) is 0 Å². The molecule has 3 N–H and O–H groups in total. The van der Waals surface area contributed by atoms with Gasteiger partial charge in [0.2, 0.25) is 5.95 Å². The second kappa shape index (κ2) is 9.77. The van der Waals surface area contributed by atoms with Gasteiger partial charge < -0.3 is 43.9 Å². The van der Waals surface area contributed by atoms with Crippen molar-refractivity contribution in [1.82, 2.24) is 19.5 Å². The highest BCUT2D eigenvalue weighted by atomic mass is 79.9. The summed E-state index contributed by atoms with van der Waals surface area (Å²) in [6.07, 6.45) is -1.46. The highest BCUT2D eigenvalue weighted by molar-refractivity contribution is 9.10. The molecule has 0 aliphatic heterocycles. The van der Waals surface area contributed by atoms with Crippen LogP contribution in [-0.4, -0.2) is 58.3 Å². The first-order valence-electron chi connectivity index (χ1n) is 7.98. The molecule has 0 unspecified atom stereocenters. The molecular formula is C12H16BrN5O9P2-4.